The van der Waals surface area contributed by atoms with E-state index in [4.69, 9.17) is 4.74 Å². The molecule has 28 heavy (non-hydrogen) atoms. The second-order valence-electron chi connectivity index (χ2n) is 7.84. The highest BCUT2D eigenvalue weighted by Gasteiger charge is 2.53. The van der Waals surface area contributed by atoms with Crippen LogP contribution in [0.15, 0.2) is 36.7 Å². The van der Waals surface area contributed by atoms with Crippen molar-refractivity contribution in [1.29, 1.82) is 0 Å². The average Bonchev–Trinajstić information content (AvgIpc) is 3.28. The normalized spacial score (nSPS) is 22.9. The van der Waals surface area contributed by atoms with Gasteiger partial charge in [0.15, 0.2) is 0 Å². The Morgan fingerprint density at radius 2 is 2.14 bits per heavy atom. The Balaban J connectivity index is 1.52. The summed E-state index contributed by atoms with van der Waals surface area (Å²) in [5.41, 5.74) is 2.53. The van der Waals surface area contributed by atoms with E-state index in [9.17, 15) is 4.79 Å². The minimum absolute atomic E-state index is 0.0196. The second kappa shape index (κ2) is 8.05. The average molecular weight is 383 g/mol. The van der Waals surface area contributed by atoms with E-state index >= 15 is 0 Å². The monoisotopic (exact) mass is 382 g/mol. The SMILES string of the molecule is CCc1nccn1CCC(=O)N[C@@H]1c2ccccc2C2(CCNCC2)[C@H]1OC. The number of piperidine rings is 1. The van der Waals surface area contributed by atoms with Crippen molar-refractivity contribution >= 4 is 5.91 Å². The fraction of sp³-hybridized carbons (Fsp3) is 0.545. The molecule has 2 aliphatic rings. The Labute approximate surface area is 166 Å². The molecule has 0 saturated carbocycles. The van der Waals surface area contributed by atoms with E-state index in [1.807, 2.05) is 6.20 Å². The lowest BCUT2D eigenvalue weighted by molar-refractivity contribution is -0.123. The summed E-state index contributed by atoms with van der Waals surface area (Å²) in [6.45, 7) is 4.69. The van der Waals surface area contributed by atoms with Crippen LogP contribution in [0, 0.1) is 0 Å². The van der Waals surface area contributed by atoms with E-state index in [0.717, 1.165) is 38.2 Å². The number of hydrogen-bond acceptors (Lipinski definition) is 4. The van der Waals surface area contributed by atoms with Crippen molar-refractivity contribution in [2.24, 2.45) is 0 Å². The van der Waals surface area contributed by atoms with Crippen molar-refractivity contribution in [3.8, 4) is 0 Å². The van der Waals surface area contributed by atoms with Gasteiger partial charge in [-0.05, 0) is 37.1 Å². The molecular formula is C22H30N4O2. The van der Waals surface area contributed by atoms with Crippen LogP contribution >= 0.6 is 0 Å². The maximum Gasteiger partial charge on any atom is 0.222 e. The Morgan fingerprint density at radius 1 is 1.36 bits per heavy atom. The van der Waals surface area contributed by atoms with Gasteiger partial charge in [-0.15, -0.1) is 0 Å². The number of fused-ring (bicyclic) bond motifs is 2. The summed E-state index contributed by atoms with van der Waals surface area (Å²) in [5, 5.41) is 6.75. The van der Waals surface area contributed by atoms with Crippen molar-refractivity contribution in [3.05, 3.63) is 53.6 Å². The molecule has 2 aromatic rings. The van der Waals surface area contributed by atoms with E-state index in [0.29, 0.717) is 13.0 Å². The van der Waals surface area contributed by atoms with Crippen LogP contribution in [0.4, 0.5) is 0 Å². The van der Waals surface area contributed by atoms with Gasteiger partial charge in [-0.2, -0.15) is 0 Å². The van der Waals surface area contributed by atoms with Crippen LogP contribution in [0.2, 0.25) is 0 Å². The number of amides is 1. The molecule has 0 unspecified atom stereocenters. The zero-order valence-corrected chi connectivity index (χ0v) is 16.8. The molecule has 1 saturated heterocycles. The van der Waals surface area contributed by atoms with Crippen LogP contribution < -0.4 is 10.6 Å². The number of carbonyl (C=O) groups is 1. The standard InChI is InChI=1S/C22H30N4O2/c1-3-18-24-13-15-26(18)14-8-19(27)25-20-16-6-4-5-7-17(16)22(21(20)28-2)9-11-23-12-10-22/h4-7,13,15,20-21,23H,3,8-12,14H2,1-2H3,(H,25,27)/t20-,21+/m1/s1. The van der Waals surface area contributed by atoms with Crippen molar-refractivity contribution in [1.82, 2.24) is 20.2 Å². The first-order valence-corrected chi connectivity index (χ1v) is 10.3. The molecule has 1 amide bonds. The van der Waals surface area contributed by atoms with E-state index in [-0.39, 0.29) is 23.5 Å². The van der Waals surface area contributed by atoms with Gasteiger partial charge in [0, 0.05) is 44.3 Å². The molecule has 1 aromatic carbocycles. The third kappa shape index (κ3) is 3.25. The van der Waals surface area contributed by atoms with Crippen LogP contribution in [-0.2, 0) is 27.9 Å². The smallest absolute Gasteiger partial charge is 0.222 e. The fourth-order valence-corrected chi connectivity index (χ4v) is 5.12. The zero-order chi connectivity index (χ0) is 19.6. The Hall–Kier alpha value is -2.18. The number of benzene rings is 1. The minimum atomic E-state index is -0.0970. The molecule has 1 aromatic heterocycles. The molecule has 1 spiro atoms. The lowest BCUT2D eigenvalue weighted by atomic mass is 9.72. The summed E-state index contributed by atoms with van der Waals surface area (Å²) < 4.78 is 8.09. The zero-order valence-electron chi connectivity index (χ0n) is 16.8. The number of hydrogen-bond donors (Lipinski definition) is 2. The molecular weight excluding hydrogens is 352 g/mol. The number of carbonyl (C=O) groups excluding carboxylic acids is 1. The van der Waals surface area contributed by atoms with Gasteiger partial charge in [-0.1, -0.05) is 31.2 Å². The minimum Gasteiger partial charge on any atom is -0.378 e. The van der Waals surface area contributed by atoms with Gasteiger partial charge in [0.2, 0.25) is 5.91 Å². The molecule has 1 fully saturated rings. The van der Waals surface area contributed by atoms with Gasteiger partial charge in [0.1, 0.15) is 5.82 Å². The van der Waals surface area contributed by atoms with Crippen molar-refractivity contribution in [2.45, 2.75) is 56.7 Å². The number of ether oxygens (including phenoxy) is 1. The fourth-order valence-electron chi connectivity index (χ4n) is 5.12. The van der Waals surface area contributed by atoms with Crippen LogP contribution in [0.5, 0.6) is 0 Å². The molecule has 2 N–H and O–H groups in total. The van der Waals surface area contributed by atoms with Crippen molar-refractivity contribution < 1.29 is 9.53 Å². The van der Waals surface area contributed by atoms with Crippen LogP contribution in [0.1, 0.15) is 49.2 Å². The van der Waals surface area contributed by atoms with E-state index < -0.39 is 0 Å². The predicted molar refractivity (Wildman–Crippen MR) is 108 cm³/mol. The number of rotatable bonds is 6. The van der Waals surface area contributed by atoms with Gasteiger partial charge in [0.05, 0.1) is 12.1 Å². The highest BCUT2D eigenvalue weighted by Crippen LogP contribution is 2.51. The number of aromatic nitrogens is 2. The summed E-state index contributed by atoms with van der Waals surface area (Å²) in [4.78, 5) is 17.2. The summed E-state index contributed by atoms with van der Waals surface area (Å²) >= 11 is 0. The first-order valence-electron chi connectivity index (χ1n) is 10.3. The molecule has 0 bridgehead atoms. The first kappa shape index (κ1) is 19.2. The van der Waals surface area contributed by atoms with Gasteiger partial charge < -0.3 is 19.9 Å². The Morgan fingerprint density at radius 3 is 2.89 bits per heavy atom. The topological polar surface area (TPSA) is 68.2 Å². The summed E-state index contributed by atoms with van der Waals surface area (Å²) in [7, 11) is 1.78. The number of nitrogens with zero attached hydrogens (tertiary/aromatic N) is 2. The van der Waals surface area contributed by atoms with Gasteiger partial charge in [-0.3, -0.25) is 4.79 Å². The highest BCUT2D eigenvalue weighted by molar-refractivity contribution is 5.77. The van der Waals surface area contributed by atoms with Gasteiger partial charge in [0.25, 0.3) is 0 Å². The first-order chi connectivity index (χ1) is 13.7. The van der Waals surface area contributed by atoms with Crippen molar-refractivity contribution in [2.75, 3.05) is 20.2 Å². The van der Waals surface area contributed by atoms with Crippen LogP contribution in [0.3, 0.4) is 0 Å². The maximum absolute atomic E-state index is 12.8. The number of aryl methyl sites for hydroxylation is 2. The molecule has 1 aliphatic carbocycles. The van der Waals surface area contributed by atoms with E-state index in [1.54, 1.807) is 13.3 Å². The summed E-state index contributed by atoms with van der Waals surface area (Å²) in [6.07, 6.45) is 7.08. The number of imidazole rings is 1. The molecule has 0 radical (unpaired) electrons. The van der Waals surface area contributed by atoms with Gasteiger partial charge >= 0.3 is 0 Å². The summed E-state index contributed by atoms with van der Waals surface area (Å²) in [6, 6.07) is 8.43. The molecule has 6 heteroatoms. The third-order valence-corrected chi connectivity index (χ3v) is 6.44. The van der Waals surface area contributed by atoms with E-state index in [1.165, 1.54) is 11.1 Å². The van der Waals surface area contributed by atoms with Crippen LogP contribution in [0.25, 0.3) is 0 Å². The molecule has 2 atom stereocenters. The Kier molecular flexibility index (Phi) is 5.51. The maximum atomic E-state index is 12.8. The van der Waals surface area contributed by atoms with Crippen LogP contribution in [-0.4, -0.2) is 41.8 Å². The highest BCUT2D eigenvalue weighted by atomic mass is 16.5. The molecule has 4 rings (SSSR count). The third-order valence-electron chi connectivity index (χ3n) is 6.44. The summed E-state index contributed by atoms with van der Waals surface area (Å²) in [5.74, 6) is 1.08. The number of nitrogens with one attached hydrogen (secondary N) is 2. The quantitative estimate of drug-likeness (QED) is 0.805. The molecule has 1 aliphatic heterocycles. The molecule has 150 valence electrons. The van der Waals surface area contributed by atoms with Gasteiger partial charge in [-0.25, -0.2) is 4.98 Å². The largest absolute Gasteiger partial charge is 0.378 e. The van der Waals surface area contributed by atoms with E-state index in [2.05, 4.69) is 51.4 Å². The lowest BCUT2D eigenvalue weighted by Gasteiger charge is -2.40. The molecule has 2 heterocycles. The van der Waals surface area contributed by atoms with Crippen molar-refractivity contribution in [3.63, 3.8) is 0 Å². The lowest BCUT2D eigenvalue weighted by Crippen LogP contribution is -2.49. The molecule has 6 nitrogen and oxygen atoms in total. The predicted octanol–water partition coefficient (Wildman–Crippen LogP) is 2.34. The number of methoxy groups -OCH3 is 1. The Bertz CT molecular complexity index is 825. The second-order valence-corrected chi connectivity index (χ2v) is 7.84.